The number of aryl methyl sites for hydroxylation is 2. The quantitative estimate of drug-likeness (QED) is 0.686. The van der Waals surface area contributed by atoms with Crippen LogP contribution in [0.2, 0.25) is 0 Å². The van der Waals surface area contributed by atoms with E-state index in [1.165, 1.54) is 0 Å². The first kappa shape index (κ1) is 17.2. The minimum atomic E-state index is -0.231. The third-order valence-corrected chi connectivity index (χ3v) is 4.13. The Labute approximate surface area is 153 Å². The zero-order chi connectivity index (χ0) is 17.8. The number of benzene rings is 1. The van der Waals surface area contributed by atoms with Gasteiger partial charge in [0.15, 0.2) is 6.73 Å². The first-order valence-electron chi connectivity index (χ1n) is 7.70. The van der Waals surface area contributed by atoms with E-state index in [0.29, 0.717) is 12.2 Å². The van der Waals surface area contributed by atoms with Crippen molar-refractivity contribution in [3.05, 3.63) is 64.1 Å². The molecule has 1 amide bonds. The number of carbonyl (C=O) groups is 1. The molecular weight excluding hydrogens is 386 g/mol. The van der Waals surface area contributed by atoms with E-state index in [4.69, 9.17) is 4.74 Å². The van der Waals surface area contributed by atoms with Crippen LogP contribution in [0.3, 0.4) is 0 Å². The number of aromatic nitrogens is 4. The molecule has 0 radical (unpaired) electrons. The molecule has 130 valence electrons. The molecule has 0 aliphatic rings. The highest BCUT2D eigenvalue weighted by atomic mass is 79.9. The van der Waals surface area contributed by atoms with E-state index >= 15 is 0 Å². The van der Waals surface area contributed by atoms with Crippen LogP contribution in [0.15, 0.2) is 47.2 Å². The average molecular weight is 404 g/mol. The van der Waals surface area contributed by atoms with Gasteiger partial charge in [0.25, 0.3) is 5.91 Å². The molecule has 0 aliphatic heterocycles. The minimum Gasteiger partial charge on any atom is -0.471 e. The highest BCUT2D eigenvalue weighted by molar-refractivity contribution is 9.10. The molecule has 2 aromatic heterocycles. The SMILES string of the molecule is Cc1nn(C)cc1CNC(=O)c1ccn(COc2ccc(Br)cc2)n1. The van der Waals surface area contributed by atoms with Gasteiger partial charge in [0, 0.05) is 36.0 Å². The molecule has 3 rings (SSSR count). The van der Waals surface area contributed by atoms with E-state index in [1.807, 2.05) is 44.4 Å². The van der Waals surface area contributed by atoms with Crippen LogP contribution in [-0.2, 0) is 20.3 Å². The van der Waals surface area contributed by atoms with Gasteiger partial charge in [-0.15, -0.1) is 0 Å². The van der Waals surface area contributed by atoms with Crippen LogP contribution in [0.5, 0.6) is 5.75 Å². The summed E-state index contributed by atoms with van der Waals surface area (Å²) in [7, 11) is 1.85. The Bertz CT molecular complexity index is 870. The summed E-state index contributed by atoms with van der Waals surface area (Å²) in [6.07, 6.45) is 3.60. The zero-order valence-electron chi connectivity index (χ0n) is 13.9. The van der Waals surface area contributed by atoms with Crippen molar-refractivity contribution in [2.75, 3.05) is 0 Å². The van der Waals surface area contributed by atoms with Gasteiger partial charge < -0.3 is 10.1 Å². The molecule has 8 heteroatoms. The van der Waals surface area contributed by atoms with Crippen LogP contribution < -0.4 is 10.1 Å². The molecule has 0 fully saturated rings. The third-order valence-electron chi connectivity index (χ3n) is 3.60. The standard InChI is InChI=1S/C17H18BrN5O2/c1-12-13(10-22(2)20-12)9-19-17(24)16-7-8-23(21-16)11-25-15-5-3-14(18)4-6-15/h3-8,10H,9,11H2,1-2H3,(H,19,24). The van der Waals surface area contributed by atoms with Gasteiger partial charge in [-0.2, -0.15) is 10.2 Å². The summed E-state index contributed by atoms with van der Waals surface area (Å²) in [6.45, 7) is 2.56. The molecule has 0 saturated carbocycles. The summed E-state index contributed by atoms with van der Waals surface area (Å²) in [5.74, 6) is 0.502. The van der Waals surface area contributed by atoms with Crippen LogP contribution in [0.1, 0.15) is 21.7 Å². The fourth-order valence-electron chi connectivity index (χ4n) is 2.31. The average Bonchev–Trinajstić information content (AvgIpc) is 3.18. The predicted octanol–water partition coefficient (Wildman–Crippen LogP) is 2.65. The normalized spacial score (nSPS) is 10.7. The first-order chi connectivity index (χ1) is 12.0. The van der Waals surface area contributed by atoms with Gasteiger partial charge in [-0.1, -0.05) is 15.9 Å². The molecule has 0 bridgehead atoms. The number of ether oxygens (including phenoxy) is 1. The Morgan fingerprint density at radius 1 is 1.24 bits per heavy atom. The maximum atomic E-state index is 12.2. The lowest BCUT2D eigenvalue weighted by molar-refractivity contribution is 0.0944. The van der Waals surface area contributed by atoms with Crippen LogP contribution in [-0.4, -0.2) is 25.5 Å². The molecule has 0 saturated heterocycles. The first-order valence-corrected chi connectivity index (χ1v) is 8.50. The number of nitrogens with one attached hydrogen (secondary N) is 1. The molecule has 7 nitrogen and oxygen atoms in total. The van der Waals surface area contributed by atoms with Gasteiger partial charge in [0.1, 0.15) is 11.4 Å². The van der Waals surface area contributed by atoms with E-state index < -0.39 is 0 Å². The van der Waals surface area contributed by atoms with Crippen molar-refractivity contribution in [3.8, 4) is 5.75 Å². The molecular formula is C17H18BrN5O2. The lowest BCUT2D eigenvalue weighted by Crippen LogP contribution is -2.23. The summed E-state index contributed by atoms with van der Waals surface area (Å²) in [6, 6.07) is 9.18. The largest absolute Gasteiger partial charge is 0.471 e. The smallest absolute Gasteiger partial charge is 0.272 e. The van der Waals surface area contributed by atoms with E-state index in [0.717, 1.165) is 21.5 Å². The fourth-order valence-corrected chi connectivity index (χ4v) is 2.58. The maximum Gasteiger partial charge on any atom is 0.272 e. The van der Waals surface area contributed by atoms with E-state index in [1.54, 1.807) is 21.6 Å². The lowest BCUT2D eigenvalue weighted by atomic mass is 10.2. The van der Waals surface area contributed by atoms with Gasteiger partial charge in [0.05, 0.1) is 5.69 Å². The Balaban J connectivity index is 1.54. The highest BCUT2D eigenvalue weighted by Gasteiger charge is 2.11. The molecule has 25 heavy (non-hydrogen) atoms. The van der Waals surface area contributed by atoms with Gasteiger partial charge in [-0.05, 0) is 37.3 Å². The monoisotopic (exact) mass is 403 g/mol. The van der Waals surface area contributed by atoms with Crippen LogP contribution in [0, 0.1) is 6.92 Å². The topological polar surface area (TPSA) is 74.0 Å². The van der Waals surface area contributed by atoms with Crippen molar-refractivity contribution in [2.24, 2.45) is 7.05 Å². The number of hydrogen-bond acceptors (Lipinski definition) is 4. The second kappa shape index (κ2) is 7.52. The van der Waals surface area contributed by atoms with Crippen molar-refractivity contribution >= 4 is 21.8 Å². The summed E-state index contributed by atoms with van der Waals surface area (Å²) in [5, 5.41) is 11.3. The Hall–Kier alpha value is -2.61. The molecule has 0 atom stereocenters. The van der Waals surface area contributed by atoms with Crippen LogP contribution in [0.25, 0.3) is 0 Å². The molecule has 0 unspecified atom stereocenters. The number of halogens is 1. The molecule has 2 heterocycles. The Morgan fingerprint density at radius 3 is 2.68 bits per heavy atom. The summed E-state index contributed by atoms with van der Waals surface area (Å²) >= 11 is 3.38. The van der Waals surface area contributed by atoms with Crippen molar-refractivity contribution in [3.63, 3.8) is 0 Å². The van der Waals surface area contributed by atoms with Crippen LogP contribution in [0.4, 0.5) is 0 Å². The molecule has 1 aromatic carbocycles. The highest BCUT2D eigenvalue weighted by Crippen LogP contribution is 2.16. The second-order valence-electron chi connectivity index (χ2n) is 5.56. The van der Waals surface area contributed by atoms with Crippen molar-refractivity contribution in [2.45, 2.75) is 20.2 Å². The summed E-state index contributed by atoms with van der Waals surface area (Å²) in [5.41, 5.74) is 2.23. The van der Waals surface area contributed by atoms with Crippen molar-refractivity contribution in [1.29, 1.82) is 0 Å². The lowest BCUT2D eigenvalue weighted by Gasteiger charge is -2.06. The van der Waals surface area contributed by atoms with Crippen LogP contribution >= 0.6 is 15.9 Å². The van der Waals surface area contributed by atoms with E-state index in [-0.39, 0.29) is 12.6 Å². The number of amides is 1. The van der Waals surface area contributed by atoms with E-state index in [9.17, 15) is 4.79 Å². The van der Waals surface area contributed by atoms with E-state index in [2.05, 4.69) is 31.4 Å². The second-order valence-corrected chi connectivity index (χ2v) is 6.48. The van der Waals surface area contributed by atoms with Gasteiger partial charge in [-0.25, -0.2) is 4.68 Å². The van der Waals surface area contributed by atoms with Gasteiger partial charge in [0.2, 0.25) is 0 Å². The number of rotatable bonds is 6. The summed E-state index contributed by atoms with van der Waals surface area (Å²) in [4.78, 5) is 12.2. The van der Waals surface area contributed by atoms with Gasteiger partial charge in [-0.3, -0.25) is 9.48 Å². The number of hydrogen-bond donors (Lipinski definition) is 1. The fraction of sp³-hybridized carbons (Fsp3) is 0.235. The Kier molecular flexibility index (Phi) is 5.18. The van der Waals surface area contributed by atoms with Gasteiger partial charge >= 0.3 is 0 Å². The third kappa shape index (κ3) is 4.48. The minimum absolute atomic E-state index is 0.231. The predicted molar refractivity (Wildman–Crippen MR) is 96.1 cm³/mol. The molecule has 0 aliphatic carbocycles. The van der Waals surface area contributed by atoms with Crippen molar-refractivity contribution < 1.29 is 9.53 Å². The molecule has 1 N–H and O–H groups in total. The zero-order valence-corrected chi connectivity index (χ0v) is 15.5. The summed E-state index contributed by atoms with van der Waals surface area (Å²) < 4.78 is 9.92. The van der Waals surface area contributed by atoms with Crippen molar-refractivity contribution in [1.82, 2.24) is 24.9 Å². The maximum absolute atomic E-state index is 12.2. The number of nitrogens with zero attached hydrogens (tertiary/aromatic N) is 4. The molecule has 0 spiro atoms. The number of carbonyl (C=O) groups excluding carboxylic acids is 1. The molecule has 3 aromatic rings. The Morgan fingerprint density at radius 2 is 2.00 bits per heavy atom.